The Bertz CT molecular complexity index is 1260. The van der Waals surface area contributed by atoms with Crippen molar-refractivity contribution in [3.63, 3.8) is 0 Å². The third-order valence-corrected chi connectivity index (χ3v) is 5.43. The van der Waals surface area contributed by atoms with E-state index >= 15 is 0 Å². The zero-order valence-corrected chi connectivity index (χ0v) is 19.4. The van der Waals surface area contributed by atoms with Crippen LogP contribution < -0.4 is 10.6 Å². The van der Waals surface area contributed by atoms with Gasteiger partial charge in [-0.15, -0.1) is 10.2 Å². The number of nitrogens with one attached hydrogen (secondary N) is 2. The maximum absolute atomic E-state index is 13.1. The van der Waals surface area contributed by atoms with Crippen LogP contribution in [0.1, 0.15) is 53.5 Å². The Hall–Kier alpha value is -4.07. The number of hydrogen-bond donors (Lipinski definition) is 2. The number of aliphatic imine (C=N–C) groups is 1. The second kappa shape index (κ2) is 10.2. The van der Waals surface area contributed by atoms with Crippen molar-refractivity contribution in [1.29, 1.82) is 0 Å². The van der Waals surface area contributed by atoms with Crippen LogP contribution in [0.15, 0.2) is 69.8 Å². The fraction of sp³-hybridized carbons (Fsp3) is 0.269. The first kappa shape index (κ1) is 23.1. The highest BCUT2D eigenvalue weighted by molar-refractivity contribution is 5.99. The van der Waals surface area contributed by atoms with E-state index in [-0.39, 0.29) is 24.1 Å². The number of aromatic nitrogens is 2. The quantitative estimate of drug-likeness (QED) is 0.494. The molecular weight excluding hydrogens is 430 g/mol. The number of carbonyl (C=O) groups is 2. The molecule has 2 N–H and O–H groups in total. The highest BCUT2D eigenvalue weighted by Crippen LogP contribution is 2.20. The number of nitrogens with zero attached hydrogens (tertiary/aromatic N) is 3. The van der Waals surface area contributed by atoms with Crippen LogP contribution in [0.2, 0.25) is 0 Å². The summed E-state index contributed by atoms with van der Waals surface area (Å²) in [6, 6.07) is 14.9. The number of hydrogen-bond acceptors (Lipinski definition) is 7. The van der Waals surface area contributed by atoms with Crippen molar-refractivity contribution < 1.29 is 14.0 Å². The van der Waals surface area contributed by atoms with Crippen molar-refractivity contribution >= 4 is 23.6 Å². The lowest BCUT2D eigenvalue weighted by Gasteiger charge is -2.20. The van der Waals surface area contributed by atoms with Crippen LogP contribution >= 0.6 is 0 Å². The van der Waals surface area contributed by atoms with Crippen molar-refractivity contribution in [2.45, 2.75) is 39.7 Å². The second-order valence-electron chi connectivity index (χ2n) is 8.64. The zero-order chi connectivity index (χ0) is 24.1. The van der Waals surface area contributed by atoms with E-state index < -0.39 is 11.8 Å². The van der Waals surface area contributed by atoms with Gasteiger partial charge in [-0.2, -0.15) is 0 Å². The third-order valence-electron chi connectivity index (χ3n) is 5.43. The van der Waals surface area contributed by atoms with Gasteiger partial charge >= 0.3 is 0 Å². The molecule has 4 rings (SSSR count). The molecule has 0 fully saturated rings. The minimum atomic E-state index is -0.790. The van der Waals surface area contributed by atoms with E-state index in [9.17, 15) is 9.59 Å². The SMILES string of the molecule is Cc1cccc(Cc2nnc(C(=O)C(NC(=O)CC3=CN=Cc4ccccc4N3)C(C)C)o2)c1. The van der Waals surface area contributed by atoms with Crippen molar-refractivity contribution in [3.05, 3.63) is 88.9 Å². The summed E-state index contributed by atoms with van der Waals surface area (Å²) in [6.45, 7) is 5.72. The number of para-hydroxylation sites is 1. The standard InChI is InChI=1S/C26H27N5O3/c1-16(2)24(25(33)26-31-30-23(34-26)12-18-8-6-7-17(3)11-18)29-22(32)13-20-15-27-14-19-9-4-5-10-21(19)28-20/h4-11,14-16,24,28H,12-13H2,1-3H3,(H,29,32). The van der Waals surface area contributed by atoms with Crippen LogP contribution in [0.5, 0.6) is 0 Å². The second-order valence-corrected chi connectivity index (χ2v) is 8.64. The molecule has 0 aliphatic carbocycles. The van der Waals surface area contributed by atoms with Gasteiger partial charge in [0.05, 0.1) is 18.9 Å². The molecular formula is C26H27N5O3. The number of aryl methyl sites for hydroxylation is 1. The number of amides is 1. The summed E-state index contributed by atoms with van der Waals surface area (Å²) in [5, 5.41) is 14.0. The summed E-state index contributed by atoms with van der Waals surface area (Å²) in [5.74, 6) is -0.630. The maximum atomic E-state index is 13.1. The summed E-state index contributed by atoms with van der Waals surface area (Å²) in [4.78, 5) is 30.1. The van der Waals surface area contributed by atoms with Gasteiger partial charge < -0.3 is 15.1 Å². The Morgan fingerprint density at radius 2 is 1.91 bits per heavy atom. The molecule has 1 aliphatic heterocycles. The van der Waals surface area contributed by atoms with Crippen molar-refractivity contribution in [1.82, 2.24) is 15.5 Å². The normalized spacial score (nSPS) is 13.5. The molecule has 1 atom stereocenters. The number of Topliss-reactive ketones (excluding diaryl/α,β-unsaturated/α-hetero) is 1. The molecule has 1 aromatic heterocycles. The maximum Gasteiger partial charge on any atom is 0.286 e. The molecule has 3 aromatic rings. The summed E-state index contributed by atoms with van der Waals surface area (Å²) in [6.07, 6.45) is 3.83. The van der Waals surface area contributed by atoms with Crippen molar-refractivity contribution in [3.8, 4) is 0 Å². The number of carbonyl (C=O) groups excluding carboxylic acids is 2. The molecule has 2 aromatic carbocycles. The Labute approximate surface area is 198 Å². The van der Waals surface area contributed by atoms with Crippen molar-refractivity contribution in [2.24, 2.45) is 10.9 Å². The van der Waals surface area contributed by atoms with Gasteiger partial charge in [-0.3, -0.25) is 14.6 Å². The highest BCUT2D eigenvalue weighted by atomic mass is 16.4. The van der Waals surface area contributed by atoms with E-state index in [0.717, 1.165) is 22.4 Å². The summed E-state index contributed by atoms with van der Waals surface area (Å²) >= 11 is 0. The molecule has 8 heteroatoms. The minimum Gasteiger partial charge on any atom is -0.418 e. The summed E-state index contributed by atoms with van der Waals surface area (Å²) in [5.41, 5.74) is 4.58. The molecule has 1 unspecified atom stereocenters. The molecule has 174 valence electrons. The zero-order valence-electron chi connectivity index (χ0n) is 19.4. The fourth-order valence-electron chi connectivity index (χ4n) is 3.71. The van der Waals surface area contributed by atoms with E-state index in [4.69, 9.17) is 4.42 Å². The van der Waals surface area contributed by atoms with Crippen LogP contribution in [0, 0.1) is 12.8 Å². The molecule has 1 amide bonds. The third kappa shape index (κ3) is 5.64. The van der Waals surface area contributed by atoms with Crippen LogP contribution in [-0.4, -0.2) is 34.1 Å². The van der Waals surface area contributed by atoms with Crippen LogP contribution in [0.3, 0.4) is 0 Å². The molecule has 1 aliphatic rings. The van der Waals surface area contributed by atoms with E-state index in [0.29, 0.717) is 18.0 Å². The number of anilines is 1. The molecule has 0 saturated heterocycles. The highest BCUT2D eigenvalue weighted by Gasteiger charge is 2.29. The average Bonchev–Trinajstić information content (AvgIpc) is 3.16. The number of rotatable bonds is 8. The Kier molecular flexibility index (Phi) is 6.96. The Morgan fingerprint density at radius 1 is 1.09 bits per heavy atom. The molecule has 8 nitrogen and oxygen atoms in total. The Balaban J connectivity index is 1.41. The van der Waals surface area contributed by atoms with Gasteiger partial charge in [0.1, 0.15) is 0 Å². The predicted octanol–water partition coefficient (Wildman–Crippen LogP) is 4.07. The number of benzene rings is 2. The fourth-order valence-corrected chi connectivity index (χ4v) is 3.71. The molecule has 0 saturated carbocycles. The van der Waals surface area contributed by atoms with Gasteiger partial charge in [0.25, 0.3) is 5.89 Å². The molecule has 0 spiro atoms. The summed E-state index contributed by atoms with van der Waals surface area (Å²) < 4.78 is 5.64. The van der Waals surface area contributed by atoms with E-state index in [1.807, 2.05) is 69.3 Å². The van der Waals surface area contributed by atoms with Crippen LogP contribution in [0.4, 0.5) is 5.69 Å². The first-order chi connectivity index (χ1) is 16.4. The van der Waals surface area contributed by atoms with Crippen molar-refractivity contribution in [2.75, 3.05) is 5.32 Å². The van der Waals surface area contributed by atoms with Gasteiger partial charge in [-0.1, -0.05) is 61.9 Å². The first-order valence-electron chi connectivity index (χ1n) is 11.2. The van der Waals surface area contributed by atoms with Gasteiger partial charge in [0.15, 0.2) is 0 Å². The lowest BCUT2D eigenvalue weighted by molar-refractivity contribution is -0.121. The van der Waals surface area contributed by atoms with E-state index in [2.05, 4.69) is 25.8 Å². The van der Waals surface area contributed by atoms with Gasteiger partial charge in [-0.05, 0) is 24.5 Å². The molecule has 0 radical (unpaired) electrons. The topological polar surface area (TPSA) is 109 Å². The van der Waals surface area contributed by atoms with E-state index in [1.165, 1.54) is 0 Å². The van der Waals surface area contributed by atoms with Gasteiger partial charge in [0, 0.05) is 29.4 Å². The lowest BCUT2D eigenvalue weighted by atomic mass is 9.99. The van der Waals surface area contributed by atoms with E-state index in [1.54, 1.807) is 12.4 Å². The predicted molar refractivity (Wildman–Crippen MR) is 130 cm³/mol. The lowest BCUT2D eigenvalue weighted by Crippen LogP contribution is -2.44. The number of fused-ring (bicyclic) bond motifs is 1. The Morgan fingerprint density at radius 3 is 2.71 bits per heavy atom. The van der Waals surface area contributed by atoms with Gasteiger partial charge in [0.2, 0.25) is 17.6 Å². The first-order valence-corrected chi connectivity index (χ1v) is 11.2. The number of ketones is 1. The van der Waals surface area contributed by atoms with Gasteiger partial charge in [-0.25, -0.2) is 0 Å². The summed E-state index contributed by atoms with van der Waals surface area (Å²) in [7, 11) is 0. The largest absolute Gasteiger partial charge is 0.418 e. The smallest absolute Gasteiger partial charge is 0.286 e. The molecule has 2 heterocycles. The molecule has 34 heavy (non-hydrogen) atoms. The van der Waals surface area contributed by atoms with Crippen LogP contribution in [-0.2, 0) is 11.2 Å². The van der Waals surface area contributed by atoms with Crippen LogP contribution in [0.25, 0.3) is 0 Å². The average molecular weight is 458 g/mol. The minimum absolute atomic E-state index is 0.0462. The monoisotopic (exact) mass is 457 g/mol. The molecule has 0 bridgehead atoms.